The number of ether oxygens (including phenoxy) is 1. The number of fused-ring (bicyclic) bond motifs is 1. The zero-order valence-corrected chi connectivity index (χ0v) is 11.1. The highest BCUT2D eigenvalue weighted by Gasteiger charge is 2.46. The summed E-state index contributed by atoms with van der Waals surface area (Å²) in [5.74, 6) is 2.97. The van der Waals surface area contributed by atoms with Gasteiger partial charge >= 0.3 is 0 Å². The van der Waals surface area contributed by atoms with Crippen molar-refractivity contribution in [1.29, 1.82) is 0 Å². The van der Waals surface area contributed by atoms with Gasteiger partial charge in [-0.1, -0.05) is 0 Å². The Kier molecular flexibility index (Phi) is 2.42. The molecule has 1 aliphatic heterocycles. The van der Waals surface area contributed by atoms with Gasteiger partial charge < -0.3 is 14.2 Å². The van der Waals surface area contributed by atoms with Gasteiger partial charge in [-0.15, -0.1) is 10.2 Å². The Morgan fingerprint density at radius 2 is 2.16 bits per heavy atom. The lowest BCUT2D eigenvalue weighted by Gasteiger charge is -2.28. The van der Waals surface area contributed by atoms with Gasteiger partial charge in [0.2, 0.25) is 5.91 Å². The third kappa shape index (κ3) is 1.85. The molecule has 0 bridgehead atoms. The summed E-state index contributed by atoms with van der Waals surface area (Å²) in [6, 6.07) is 0. The molecule has 2 atom stereocenters. The van der Waals surface area contributed by atoms with Gasteiger partial charge in [0, 0.05) is 26.1 Å². The van der Waals surface area contributed by atoms with Gasteiger partial charge in [-0.2, -0.15) is 0 Å². The van der Waals surface area contributed by atoms with Crippen LogP contribution in [0.5, 0.6) is 0 Å². The summed E-state index contributed by atoms with van der Waals surface area (Å²) in [6.07, 6.45) is 3.47. The zero-order chi connectivity index (χ0) is 13.0. The SMILES string of the molecule is CO[C@@H]1C[C@H]1C(=O)N1CCn2c(nnc2C2CC2)C1. The van der Waals surface area contributed by atoms with Crippen molar-refractivity contribution >= 4 is 5.91 Å². The minimum absolute atomic E-state index is 0.0716. The molecule has 0 N–H and O–H groups in total. The molecule has 6 heteroatoms. The summed E-state index contributed by atoms with van der Waals surface area (Å²) >= 11 is 0. The van der Waals surface area contributed by atoms with Crippen molar-refractivity contribution in [2.45, 2.75) is 44.4 Å². The van der Waals surface area contributed by atoms with Gasteiger partial charge in [-0.3, -0.25) is 4.79 Å². The Labute approximate surface area is 111 Å². The third-order valence-corrected chi connectivity index (χ3v) is 4.39. The van der Waals surface area contributed by atoms with Gasteiger partial charge in [0.15, 0.2) is 5.82 Å². The first-order valence-electron chi connectivity index (χ1n) is 7.01. The smallest absolute Gasteiger partial charge is 0.228 e. The van der Waals surface area contributed by atoms with Crippen LogP contribution in [0.25, 0.3) is 0 Å². The fourth-order valence-electron chi connectivity index (χ4n) is 2.94. The maximum atomic E-state index is 12.3. The Balaban J connectivity index is 1.48. The second kappa shape index (κ2) is 4.03. The van der Waals surface area contributed by atoms with Crippen molar-refractivity contribution in [3.05, 3.63) is 11.6 Å². The van der Waals surface area contributed by atoms with E-state index in [4.69, 9.17) is 4.74 Å². The summed E-state index contributed by atoms with van der Waals surface area (Å²) in [4.78, 5) is 14.2. The second-order valence-electron chi connectivity index (χ2n) is 5.78. The summed E-state index contributed by atoms with van der Waals surface area (Å²) in [7, 11) is 1.67. The number of methoxy groups -OCH3 is 1. The van der Waals surface area contributed by atoms with Crippen molar-refractivity contribution in [1.82, 2.24) is 19.7 Å². The fraction of sp³-hybridized carbons (Fsp3) is 0.769. The summed E-state index contributed by atoms with van der Waals surface area (Å²) in [5.41, 5.74) is 0. The topological polar surface area (TPSA) is 60.2 Å². The zero-order valence-electron chi connectivity index (χ0n) is 11.1. The number of aromatic nitrogens is 3. The largest absolute Gasteiger partial charge is 0.381 e. The van der Waals surface area contributed by atoms with Crippen LogP contribution in [-0.2, 0) is 22.6 Å². The van der Waals surface area contributed by atoms with E-state index in [1.54, 1.807) is 7.11 Å². The highest BCUT2D eigenvalue weighted by molar-refractivity contribution is 5.82. The normalized spacial score (nSPS) is 29.2. The summed E-state index contributed by atoms with van der Waals surface area (Å²) in [5, 5.41) is 8.55. The van der Waals surface area contributed by atoms with E-state index in [2.05, 4.69) is 14.8 Å². The predicted octanol–water partition coefficient (Wildman–Crippen LogP) is 0.533. The highest BCUT2D eigenvalue weighted by Crippen LogP contribution is 2.40. The highest BCUT2D eigenvalue weighted by atomic mass is 16.5. The molecule has 0 aromatic carbocycles. The van der Waals surface area contributed by atoms with Gasteiger partial charge in [0.05, 0.1) is 18.6 Å². The van der Waals surface area contributed by atoms with Crippen LogP contribution in [0.3, 0.4) is 0 Å². The van der Waals surface area contributed by atoms with E-state index < -0.39 is 0 Å². The number of rotatable bonds is 3. The Bertz CT molecular complexity index is 523. The molecule has 102 valence electrons. The van der Waals surface area contributed by atoms with Crippen molar-refractivity contribution < 1.29 is 9.53 Å². The molecule has 0 spiro atoms. The molecule has 4 rings (SSSR count). The predicted molar refractivity (Wildman–Crippen MR) is 66.3 cm³/mol. The van der Waals surface area contributed by atoms with E-state index in [9.17, 15) is 4.79 Å². The van der Waals surface area contributed by atoms with Crippen LogP contribution >= 0.6 is 0 Å². The molecule has 2 fully saturated rings. The fourth-order valence-corrected chi connectivity index (χ4v) is 2.94. The van der Waals surface area contributed by atoms with Crippen LogP contribution in [0.1, 0.15) is 36.8 Å². The third-order valence-electron chi connectivity index (χ3n) is 4.39. The summed E-state index contributed by atoms with van der Waals surface area (Å²) < 4.78 is 7.43. The molecule has 1 aromatic heterocycles. The van der Waals surface area contributed by atoms with Crippen LogP contribution in [0, 0.1) is 5.92 Å². The average Bonchev–Trinajstić information content (AvgIpc) is 3.34. The maximum Gasteiger partial charge on any atom is 0.228 e. The Morgan fingerprint density at radius 1 is 1.32 bits per heavy atom. The van der Waals surface area contributed by atoms with Gasteiger partial charge in [0.25, 0.3) is 0 Å². The molecule has 0 unspecified atom stereocenters. The van der Waals surface area contributed by atoms with E-state index in [0.717, 1.165) is 31.2 Å². The van der Waals surface area contributed by atoms with Gasteiger partial charge in [-0.25, -0.2) is 0 Å². The van der Waals surface area contributed by atoms with E-state index in [0.29, 0.717) is 12.5 Å². The lowest BCUT2D eigenvalue weighted by atomic mass is 10.2. The molecule has 0 saturated heterocycles. The van der Waals surface area contributed by atoms with Crippen molar-refractivity contribution in [2.75, 3.05) is 13.7 Å². The standard InChI is InChI=1S/C13H18N4O2/c1-19-10-6-9(10)13(18)16-4-5-17-11(7-16)14-15-12(17)8-2-3-8/h8-10H,2-7H2,1H3/t9-,10-/m1/s1. The first-order valence-corrected chi connectivity index (χ1v) is 7.01. The molecule has 6 nitrogen and oxygen atoms in total. The van der Waals surface area contributed by atoms with Crippen molar-refractivity contribution in [3.63, 3.8) is 0 Å². The molecular formula is C13H18N4O2. The monoisotopic (exact) mass is 262 g/mol. The molecule has 2 aliphatic carbocycles. The summed E-state index contributed by atoms with van der Waals surface area (Å²) in [6.45, 7) is 2.21. The van der Waals surface area contributed by atoms with Crippen molar-refractivity contribution in [2.24, 2.45) is 5.92 Å². The molecule has 1 amide bonds. The van der Waals surface area contributed by atoms with E-state index >= 15 is 0 Å². The number of hydrogen-bond acceptors (Lipinski definition) is 4. The first-order chi connectivity index (χ1) is 9.28. The second-order valence-corrected chi connectivity index (χ2v) is 5.78. The number of hydrogen-bond donors (Lipinski definition) is 0. The van der Waals surface area contributed by atoms with Crippen LogP contribution in [0.4, 0.5) is 0 Å². The van der Waals surface area contributed by atoms with E-state index in [1.807, 2.05) is 4.90 Å². The minimum atomic E-state index is 0.0716. The molecule has 2 heterocycles. The van der Waals surface area contributed by atoms with Crippen LogP contribution < -0.4 is 0 Å². The average molecular weight is 262 g/mol. The minimum Gasteiger partial charge on any atom is -0.381 e. The van der Waals surface area contributed by atoms with Crippen LogP contribution in [-0.4, -0.2) is 45.3 Å². The molecule has 19 heavy (non-hydrogen) atoms. The number of nitrogens with zero attached hydrogens (tertiary/aromatic N) is 4. The number of amides is 1. The molecule has 3 aliphatic rings. The molecule has 1 aromatic rings. The van der Waals surface area contributed by atoms with Crippen LogP contribution in [0.15, 0.2) is 0 Å². The van der Waals surface area contributed by atoms with Crippen LogP contribution in [0.2, 0.25) is 0 Å². The van der Waals surface area contributed by atoms with Gasteiger partial charge in [0.1, 0.15) is 5.82 Å². The molecule has 0 radical (unpaired) electrons. The number of carbonyl (C=O) groups is 1. The molecule has 2 saturated carbocycles. The number of carbonyl (C=O) groups excluding carboxylic acids is 1. The van der Waals surface area contributed by atoms with Crippen molar-refractivity contribution in [3.8, 4) is 0 Å². The maximum absolute atomic E-state index is 12.3. The Morgan fingerprint density at radius 3 is 2.84 bits per heavy atom. The lowest BCUT2D eigenvalue weighted by molar-refractivity contribution is -0.135. The lowest BCUT2D eigenvalue weighted by Crippen LogP contribution is -2.40. The van der Waals surface area contributed by atoms with E-state index in [-0.39, 0.29) is 17.9 Å². The Hall–Kier alpha value is -1.43. The van der Waals surface area contributed by atoms with Gasteiger partial charge in [-0.05, 0) is 19.3 Å². The quantitative estimate of drug-likeness (QED) is 0.797. The van der Waals surface area contributed by atoms with E-state index in [1.165, 1.54) is 12.8 Å². The first kappa shape index (κ1) is 11.4. The molecular weight excluding hydrogens is 244 g/mol.